The Balaban J connectivity index is 1.55. The highest BCUT2D eigenvalue weighted by molar-refractivity contribution is 5.96. The monoisotopic (exact) mass is 353 g/mol. The average molecular weight is 353 g/mol. The summed E-state index contributed by atoms with van der Waals surface area (Å²) in [5.74, 6) is -0.163. The molecule has 2 aromatic rings. The first kappa shape index (κ1) is 18.0. The van der Waals surface area contributed by atoms with Crippen LogP contribution in [0.15, 0.2) is 48.5 Å². The van der Waals surface area contributed by atoms with E-state index in [-0.39, 0.29) is 12.5 Å². The first-order valence-corrected chi connectivity index (χ1v) is 8.83. The SMILES string of the molecule is Cc1cccc(OC(C)C(=O)OCC(=O)N2CCCc3ccccc32)c1. The summed E-state index contributed by atoms with van der Waals surface area (Å²) in [6.07, 6.45) is 1.09. The Morgan fingerprint density at radius 1 is 1.15 bits per heavy atom. The third kappa shape index (κ3) is 4.23. The molecule has 136 valence electrons. The largest absolute Gasteiger partial charge is 0.479 e. The minimum atomic E-state index is -0.779. The number of hydrogen-bond acceptors (Lipinski definition) is 4. The van der Waals surface area contributed by atoms with Crippen molar-refractivity contribution in [3.63, 3.8) is 0 Å². The molecule has 26 heavy (non-hydrogen) atoms. The number of para-hydroxylation sites is 1. The summed E-state index contributed by atoms with van der Waals surface area (Å²) in [6, 6.07) is 15.3. The van der Waals surface area contributed by atoms with Gasteiger partial charge in [-0.3, -0.25) is 4.79 Å². The van der Waals surface area contributed by atoms with Gasteiger partial charge in [0, 0.05) is 12.2 Å². The normalized spacial score (nSPS) is 14.3. The minimum absolute atomic E-state index is 0.215. The number of hydrogen-bond donors (Lipinski definition) is 0. The molecule has 0 N–H and O–H groups in total. The number of fused-ring (bicyclic) bond motifs is 1. The Morgan fingerprint density at radius 3 is 2.77 bits per heavy atom. The number of aryl methyl sites for hydroxylation is 2. The molecule has 1 unspecified atom stereocenters. The fraction of sp³-hybridized carbons (Fsp3) is 0.333. The molecule has 0 spiro atoms. The molecule has 0 fully saturated rings. The van der Waals surface area contributed by atoms with Gasteiger partial charge < -0.3 is 14.4 Å². The van der Waals surface area contributed by atoms with Crippen molar-refractivity contribution in [3.05, 3.63) is 59.7 Å². The van der Waals surface area contributed by atoms with Crippen molar-refractivity contribution in [1.29, 1.82) is 0 Å². The van der Waals surface area contributed by atoms with Gasteiger partial charge in [-0.25, -0.2) is 4.79 Å². The van der Waals surface area contributed by atoms with Crippen molar-refractivity contribution < 1.29 is 19.1 Å². The number of anilines is 1. The summed E-state index contributed by atoms with van der Waals surface area (Å²) >= 11 is 0. The van der Waals surface area contributed by atoms with Crippen LogP contribution in [0.1, 0.15) is 24.5 Å². The van der Waals surface area contributed by atoms with E-state index in [1.807, 2.05) is 49.4 Å². The van der Waals surface area contributed by atoms with E-state index in [1.54, 1.807) is 17.9 Å². The Bertz CT molecular complexity index is 802. The smallest absolute Gasteiger partial charge is 0.347 e. The zero-order valence-corrected chi connectivity index (χ0v) is 15.1. The lowest BCUT2D eigenvalue weighted by Crippen LogP contribution is -2.39. The fourth-order valence-corrected chi connectivity index (χ4v) is 3.06. The number of nitrogens with zero attached hydrogens (tertiary/aromatic N) is 1. The Kier molecular flexibility index (Phi) is 5.56. The Hall–Kier alpha value is -2.82. The Morgan fingerprint density at radius 2 is 1.96 bits per heavy atom. The predicted molar refractivity (Wildman–Crippen MR) is 99.3 cm³/mol. The molecule has 0 radical (unpaired) electrons. The molecule has 1 aliphatic heterocycles. The highest BCUT2D eigenvalue weighted by atomic mass is 16.6. The van der Waals surface area contributed by atoms with E-state index in [1.165, 1.54) is 0 Å². The standard InChI is InChI=1S/C21H23NO4/c1-15-7-5-10-18(13-15)26-16(2)21(24)25-14-20(23)22-12-6-9-17-8-3-4-11-19(17)22/h3-5,7-8,10-11,13,16H,6,9,12,14H2,1-2H3. The van der Waals surface area contributed by atoms with Crippen molar-refractivity contribution in [3.8, 4) is 5.75 Å². The lowest BCUT2D eigenvalue weighted by Gasteiger charge is -2.29. The number of amides is 1. The molecule has 0 bridgehead atoms. The van der Waals surface area contributed by atoms with Crippen LogP contribution < -0.4 is 9.64 Å². The lowest BCUT2D eigenvalue weighted by molar-refractivity contribution is -0.154. The maximum Gasteiger partial charge on any atom is 0.347 e. The van der Waals surface area contributed by atoms with Gasteiger partial charge in [-0.05, 0) is 56.0 Å². The number of benzene rings is 2. The highest BCUT2D eigenvalue weighted by Crippen LogP contribution is 2.26. The molecule has 1 atom stereocenters. The summed E-state index contributed by atoms with van der Waals surface area (Å²) < 4.78 is 10.8. The third-order valence-corrected chi connectivity index (χ3v) is 4.38. The number of esters is 1. The maximum atomic E-state index is 12.5. The first-order chi connectivity index (χ1) is 12.5. The van der Waals surface area contributed by atoms with Crippen molar-refractivity contribution >= 4 is 17.6 Å². The van der Waals surface area contributed by atoms with E-state index >= 15 is 0 Å². The van der Waals surface area contributed by atoms with Crippen molar-refractivity contribution in [1.82, 2.24) is 0 Å². The van der Waals surface area contributed by atoms with Crippen LogP contribution >= 0.6 is 0 Å². The molecule has 1 amide bonds. The van der Waals surface area contributed by atoms with Gasteiger partial charge in [0.05, 0.1) is 0 Å². The van der Waals surface area contributed by atoms with Crippen LogP contribution in [-0.4, -0.2) is 31.1 Å². The Labute approximate surface area is 153 Å². The molecule has 5 heteroatoms. The van der Waals surface area contributed by atoms with Crippen LogP contribution in [0.5, 0.6) is 5.75 Å². The molecule has 0 aliphatic carbocycles. The summed E-state index contributed by atoms with van der Waals surface area (Å²) in [5.41, 5.74) is 3.10. The highest BCUT2D eigenvalue weighted by Gasteiger charge is 2.24. The molecule has 5 nitrogen and oxygen atoms in total. The third-order valence-electron chi connectivity index (χ3n) is 4.38. The van der Waals surface area contributed by atoms with Gasteiger partial charge >= 0.3 is 5.97 Å². The van der Waals surface area contributed by atoms with Crippen LogP contribution in [0, 0.1) is 6.92 Å². The van der Waals surface area contributed by atoms with Crippen molar-refractivity contribution in [2.24, 2.45) is 0 Å². The van der Waals surface area contributed by atoms with Gasteiger partial charge in [-0.2, -0.15) is 0 Å². The van der Waals surface area contributed by atoms with E-state index in [2.05, 4.69) is 0 Å². The molecule has 2 aromatic carbocycles. The fourth-order valence-electron chi connectivity index (χ4n) is 3.06. The quantitative estimate of drug-likeness (QED) is 0.774. The topological polar surface area (TPSA) is 55.8 Å². The first-order valence-electron chi connectivity index (χ1n) is 8.83. The second kappa shape index (κ2) is 8.04. The number of carbonyl (C=O) groups is 2. The summed E-state index contributed by atoms with van der Waals surface area (Å²) in [5, 5.41) is 0. The van der Waals surface area contributed by atoms with E-state index in [0.29, 0.717) is 12.3 Å². The number of carbonyl (C=O) groups excluding carboxylic acids is 2. The summed E-state index contributed by atoms with van der Waals surface area (Å²) in [7, 11) is 0. The molecule has 0 saturated heterocycles. The van der Waals surface area contributed by atoms with E-state index in [4.69, 9.17) is 9.47 Å². The molecule has 1 heterocycles. The maximum absolute atomic E-state index is 12.5. The van der Waals surface area contributed by atoms with Gasteiger partial charge in [0.1, 0.15) is 5.75 Å². The van der Waals surface area contributed by atoms with Crippen LogP contribution in [0.2, 0.25) is 0 Å². The predicted octanol–water partition coefficient (Wildman–Crippen LogP) is 3.28. The molecular formula is C21H23NO4. The average Bonchev–Trinajstić information content (AvgIpc) is 2.65. The number of rotatable bonds is 5. The molecule has 3 rings (SSSR count). The zero-order valence-electron chi connectivity index (χ0n) is 15.1. The van der Waals surface area contributed by atoms with Crippen LogP contribution in [0.3, 0.4) is 0 Å². The minimum Gasteiger partial charge on any atom is -0.479 e. The van der Waals surface area contributed by atoms with Crippen molar-refractivity contribution in [2.75, 3.05) is 18.1 Å². The number of ether oxygens (including phenoxy) is 2. The van der Waals surface area contributed by atoms with E-state index < -0.39 is 12.1 Å². The molecular weight excluding hydrogens is 330 g/mol. The molecule has 1 aliphatic rings. The van der Waals surface area contributed by atoms with E-state index in [0.717, 1.165) is 29.7 Å². The van der Waals surface area contributed by atoms with Crippen LogP contribution in [0.25, 0.3) is 0 Å². The van der Waals surface area contributed by atoms with Gasteiger partial charge in [0.25, 0.3) is 5.91 Å². The van der Waals surface area contributed by atoms with Gasteiger partial charge in [-0.1, -0.05) is 30.3 Å². The zero-order chi connectivity index (χ0) is 18.5. The van der Waals surface area contributed by atoms with E-state index in [9.17, 15) is 9.59 Å². The summed E-state index contributed by atoms with van der Waals surface area (Å²) in [6.45, 7) is 3.92. The van der Waals surface area contributed by atoms with Crippen LogP contribution in [0.4, 0.5) is 5.69 Å². The van der Waals surface area contributed by atoms with Crippen molar-refractivity contribution in [2.45, 2.75) is 32.8 Å². The molecule has 0 saturated carbocycles. The summed E-state index contributed by atoms with van der Waals surface area (Å²) in [4.78, 5) is 26.3. The lowest BCUT2D eigenvalue weighted by atomic mass is 10.0. The molecule has 0 aromatic heterocycles. The second-order valence-corrected chi connectivity index (χ2v) is 6.46. The van der Waals surface area contributed by atoms with Crippen LogP contribution in [-0.2, 0) is 20.7 Å². The van der Waals surface area contributed by atoms with Gasteiger partial charge in [0.2, 0.25) is 0 Å². The van der Waals surface area contributed by atoms with Gasteiger partial charge in [0.15, 0.2) is 12.7 Å². The second-order valence-electron chi connectivity index (χ2n) is 6.46. The van der Waals surface area contributed by atoms with Gasteiger partial charge in [-0.15, -0.1) is 0 Å².